The smallest absolute Gasteiger partial charge is 0.287 e. The van der Waals surface area contributed by atoms with Crippen molar-refractivity contribution in [2.24, 2.45) is 0 Å². The Hall–Kier alpha value is -2.73. The number of phenols is 2. The van der Waals surface area contributed by atoms with Gasteiger partial charge in [0.15, 0.2) is 18.0 Å². The molecule has 23 heavy (non-hydrogen) atoms. The van der Waals surface area contributed by atoms with Crippen LogP contribution in [0.2, 0.25) is 0 Å². The van der Waals surface area contributed by atoms with E-state index in [2.05, 4.69) is 0 Å². The van der Waals surface area contributed by atoms with Gasteiger partial charge in [-0.3, -0.25) is 9.69 Å². The zero-order chi connectivity index (χ0) is 16.8. The van der Waals surface area contributed by atoms with Crippen molar-refractivity contribution in [3.05, 3.63) is 36.4 Å². The van der Waals surface area contributed by atoms with Crippen molar-refractivity contribution in [3.63, 3.8) is 0 Å². The van der Waals surface area contributed by atoms with Gasteiger partial charge in [-0.2, -0.15) is 0 Å². The van der Waals surface area contributed by atoms with Crippen molar-refractivity contribution >= 4 is 17.3 Å². The van der Waals surface area contributed by atoms with Crippen LogP contribution in [-0.2, 0) is 4.79 Å². The second-order valence-corrected chi connectivity index (χ2v) is 6.58. The second-order valence-electron chi connectivity index (χ2n) is 6.58. The summed E-state index contributed by atoms with van der Waals surface area (Å²) in [5, 5.41) is 19.3. The molecule has 0 bridgehead atoms. The standard InChI is InChI=1S/C17H18N2O4/c1-19(2,3)10-17(22)18-13-6-4-11(20)8-15(13)23-16-9-12(21)5-7-14(16)18/h4-9H,10H2,1-3H3,(H-,20,21)/p+1. The quantitative estimate of drug-likeness (QED) is 0.836. The molecule has 3 rings (SSSR count). The summed E-state index contributed by atoms with van der Waals surface area (Å²) in [6.07, 6.45) is 0. The first kappa shape index (κ1) is 15.2. The van der Waals surface area contributed by atoms with E-state index in [1.165, 1.54) is 24.3 Å². The van der Waals surface area contributed by atoms with Gasteiger partial charge in [0.05, 0.1) is 32.5 Å². The minimum atomic E-state index is -0.0975. The molecule has 1 aliphatic rings. The van der Waals surface area contributed by atoms with Gasteiger partial charge in [-0.15, -0.1) is 0 Å². The van der Waals surface area contributed by atoms with E-state index in [9.17, 15) is 15.0 Å². The molecule has 0 spiro atoms. The van der Waals surface area contributed by atoms with Crippen molar-refractivity contribution in [3.8, 4) is 23.0 Å². The summed E-state index contributed by atoms with van der Waals surface area (Å²) in [5.74, 6) is 0.744. The lowest BCUT2D eigenvalue weighted by molar-refractivity contribution is -0.862. The Morgan fingerprint density at radius 1 is 1.00 bits per heavy atom. The SMILES string of the molecule is C[N+](C)(C)CC(=O)N1c2ccc(O)cc2Oc2cc(O)ccc21. The lowest BCUT2D eigenvalue weighted by Gasteiger charge is -2.33. The monoisotopic (exact) mass is 315 g/mol. The largest absolute Gasteiger partial charge is 0.508 e. The van der Waals surface area contributed by atoms with Crippen LogP contribution >= 0.6 is 0 Å². The predicted molar refractivity (Wildman–Crippen MR) is 86.3 cm³/mol. The number of benzene rings is 2. The maximum atomic E-state index is 12.8. The fourth-order valence-electron chi connectivity index (χ4n) is 2.53. The molecule has 1 amide bonds. The third kappa shape index (κ3) is 2.93. The Bertz CT molecular complexity index is 729. The molecule has 0 fully saturated rings. The molecule has 6 nitrogen and oxygen atoms in total. The Balaban J connectivity index is 2.12. The highest BCUT2D eigenvalue weighted by Gasteiger charge is 2.32. The van der Waals surface area contributed by atoms with Crippen LogP contribution in [0.5, 0.6) is 23.0 Å². The van der Waals surface area contributed by atoms with Crippen LogP contribution in [0.4, 0.5) is 11.4 Å². The van der Waals surface area contributed by atoms with Crippen LogP contribution in [0.1, 0.15) is 0 Å². The number of fused-ring (bicyclic) bond motifs is 2. The number of ether oxygens (including phenoxy) is 1. The molecular weight excluding hydrogens is 296 g/mol. The van der Waals surface area contributed by atoms with E-state index >= 15 is 0 Å². The van der Waals surface area contributed by atoms with Gasteiger partial charge in [-0.1, -0.05) is 0 Å². The molecule has 2 aromatic carbocycles. The predicted octanol–water partition coefficient (Wildman–Crippen LogP) is 2.57. The van der Waals surface area contributed by atoms with Gasteiger partial charge in [0.2, 0.25) is 0 Å². The van der Waals surface area contributed by atoms with Crippen LogP contribution in [-0.4, -0.2) is 48.3 Å². The van der Waals surface area contributed by atoms with Gasteiger partial charge < -0.3 is 19.4 Å². The molecule has 0 aliphatic carbocycles. The number of phenolic OH excluding ortho intramolecular Hbond substituents is 2. The Morgan fingerprint density at radius 2 is 1.48 bits per heavy atom. The normalized spacial score (nSPS) is 13.1. The number of hydrogen-bond acceptors (Lipinski definition) is 4. The summed E-state index contributed by atoms with van der Waals surface area (Å²) in [7, 11) is 5.81. The number of carbonyl (C=O) groups excluding carboxylic acids is 1. The molecule has 0 unspecified atom stereocenters. The van der Waals surface area contributed by atoms with E-state index in [1.807, 2.05) is 21.1 Å². The van der Waals surface area contributed by atoms with Crippen LogP contribution in [0.3, 0.4) is 0 Å². The molecule has 0 radical (unpaired) electrons. The minimum absolute atomic E-state index is 0.0476. The Labute approximate surface area is 134 Å². The molecule has 0 aromatic heterocycles. The average molecular weight is 315 g/mol. The Morgan fingerprint density at radius 3 is 1.91 bits per heavy atom. The summed E-state index contributed by atoms with van der Waals surface area (Å²) in [6.45, 7) is 0.292. The lowest BCUT2D eigenvalue weighted by Crippen LogP contribution is -2.45. The van der Waals surface area contributed by atoms with Crippen molar-refractivity contribution in [2.75, 3.05) is 32.6 Å². The fraction of sp³-hybridized carbons (Fsp3) is 0.235. The number of hydrogen-bond donors (Lipinski definition) is 2. The summed E-state index contributed by atoms with van der Waals surface area (Å²) in [6, 6.07) is 9.23. The third-order valence-corrected chi connectivity index (χ3v) is 3.45. The first-order chi connectivity index (χ1) is 10.7. The summed E-state index contributed by atoms with van der Waals surface area (Å²) in [5.41, 5.74) is 1.14. The van der Waals surface area contributed by atoms with E-state index in [0.717, 1.165) is 0 Å². The van der Waals surface area contributed by atoms with E-state index in [4.69, 9.17) is 4.74 Å². The van der Waals surface area contributed by atoms with E-state index < -0.39 is 0 Å². The number of carbonyl (C=O) groups is 1. The number of rotatable bonds is 2. The van der Waals surface area contributed by atoms with Crippen molar-refractivity contribution in [2.45, 2.75) is 0 Å². The molecule has 1 heterocycles. The molecule has 2 aromatic rings. The number of anilines is 2. The summed E-state index contributed by atoms with van der Waals surface area (Å²) >= 11 is 0. The summed E-state index contributed by atoms with van der Waals surface area (Å²) in [4.78, 5) is 14.4. The second kappa shape index (κ2) is 5.17. The molecule has 2 N–H and O–H groups in total. The third-order valence-electron chi connectivity index (χ3n) is 3.45. The highest BCUT2D eigenvalue weighted by molar-refractivity contribution is 6.05. The van der Waals surface area contributed by atoms with Gasteiger partial charge in [-0.05, 0) is 24.3 Å². The maximum Gasteiger partial charge on any atom is 0.287 e. The number of aromatic hydroxyl groups is 2. The zero-order valence-electron chi connectivity index (χ0n) is 13.3. The summed E-state index contributed by atoms with van der Waals surface area (Å²) < 4.78 is 6.21. The van der Waals surface area contributed by atoms with Crippen LogP contribution in [0, 0.1) is 0 Å². The molecule has 0 atom stereocenters. The number of quaternary nitrogens is 1. The maximum absolute atomic E-state index is 12.8. The van der Waals surface area contributed by atoms with Gasteiger partial charge >= 0.3 is 0 Å². The van der Waals surface area contributed by atoms with Crippen molar-refractivity contribution in [1.29, 1.82) is 0 Å². The van der Waals surface area contributed by atoms with E-state index in [0.29, 0.717) is 33.9 Å². The van der Waals surface area contributed by atoms with Crippen LogP contribution in [0.15, 0.2) is 36.4 Å². The van der Waals surface area contributed by atoms with Crippen molar-refractivity contribution < 1.29 is 24.2 Å². The number of nitrogens with zero attached hydrogens (tertiary/aromatic N) is 2. The van der Waals surface area contributed by atoms with Gasteiger partial charge in [0.25, 0.3) is 5.91 Å². The van der Waals surface area contributed by atoms with Gasteiger partial charge in [-0.25, -0.2) is 0 Å². The topological polar surface area (TPSA) is 70.0 Å². The van der Waals surface area contributed by atoms with E-state index in [-0.39, 0.29) is 17.4 Å². The first-order valence-electron chi connectivity index (χ1n) is 7.22. The fourth-order valence-corrected chi connectivity index (χ4v) is 2.53. The first-order valence-corrected chi connectivity index (χ1v) is 7.22. The Kier molecular flexibility index (Phi) is 3.41. The molecule has 0 saturated heterocycles. The van der Waals surface area contributed by atoms with E-state index in [1.54, 1.807) is 17.0 Å². The van der Waals surface area contributed by atoms with Gasteiger partial charge in [0, 0.05) is 12.1 Å². The molecule has 0 saturated carbocycles. The average Bonchev–Trinajstić information content (AvgIpc) is 2.42. The highest BCUT2D eigenvalue weighted by atomic mass is 16.5. The van der Waals surface area contributed by atoms with Gasteiger partial charge in [0.1, 0.15) is 11.5 Å². The zero-order valence-corrected chi connectivity index (χ0v) is 13.3. The van der Waals surface area contributed by atoms with Crippen LogP contribution < -0.4 is 9.64 Å². The molecule has 120 valence electrons. The molecule has 1 aliphatic heterocycles. The minimum Gasteiger partial charge on any atom is -0.508 e. The lowest BCUT2D eigenvalue weighted by atomic mass is 10.1. The van der Waals surface area contributed by atoms with Crippen LogP contribution in [0.25, 0.3) is 0 Å². The molecule has 6 heteroatoms. The molecular formula is C17H19N2O4+. The highest BCUT2D eigenvalue weighted by Crippen LogP contribution is 2.48. The number of likely N-dealkylation sites (N-methyl/N-ethyl adjacent to an activating group) is 1. The number of amides is 1. The van der Waals surface area contributed by atoms with Crippen molar-refractivity contribution in [1.82, 2.24) is 0 Å².